The lowest BCUT2D eigenvalue weighted by Crippen LogP contribution is -2.48. The number of carboxylic acids is 1. The minimum atomic E-state index is -2.20. The quantitative estimate of drug-likeness (QED) is 0.585. The molecule has 6 heteroatoms. The van der Waals surface area contributed by atoms with Crippen molar-refractivity contribution in [3.05, 3.63) is 23.3 Å². The number of allylic oxidation sites excluding steroid dienone is 2. The highest BCUT2D eigenvalue weighted by atomic mass is 28.4. The predicted octanol–water partition coefficient (Wildman–Crippen LogP) is 3.46. The minimum absolute atomic E-state index is 0.0518. The highest BCUT2D eigenvalue weighted by molar-refractivity contribution is 6.74. The Balaban J connectivity index is 2.42. The van der Waals surface area contributed by atoms with Gasteiger partial charge in [-0.15, -0.1) is 0 Å². The van der Waals surface area contributed by atoms with E-state index < -0.39 is 32.6 Å². The van der Waals surface area contributed by atoms with Crippen molar-refractivity contribution in [2.45, 2.75) is 77.0 Å². The summed E-state index contributed by atoms with van der Waals surface area (Å²) in [5.41, 5.74) is 0.286. The Morgan fingerprint density at radius 2 is 2.00 bits per heavy atom. The number of fused-ring (bicyclic) bond motifs is 1. The van der Waals surface area contributed by atoms with Gasteiger partial charge in [0.2, 0.25) is 0 Å². The highest BCUT2D eigenvalue weighted by Crippen LogP contribution is 2.45. The third-order valence-electron chi connectivity index (χ3n) is 5.12. The van der Waals surface area contributed by atoms with Crippen LogP contribution >= 0.6 is 0 Å². The normalized spacial score (nSPS) is 27.6. The van der Waals surface area contributed by atoms with Crippen LogP contribution in [-0.4, -0.2) is 43.5 Å². The SMILES string of the molecule is CCC/C=C\C1=C(C(=O)O)[C@@H](O[Si](C)(C)C(C)(C)C)[C@@H]2O[C@@H]2C1=O. The Kier molecular flexibility index (Phi) is 5.23. The minimum Gasteiger partial charge on any atom is -0.478 e. The molecule has 0 saturated carbocycles. The molecule has 0 aromatic carbocycles. The van der Waals surface area contributed by atoms with Crippen LogP contribution in [0.2, 0.25) is 18.1 Å². The van der Waals surface area contributed by atoms with Crippen LogP contribution in [-0.2, 0) is 18.8 Å². The first-order valence-electron chi connectivity index (χ1n) is 8.52. The molecule has 5 nitrogen and oxygen atoms in total. The van der Waals surface area contributed by atoms with E-state index in [-0.39, 0.29) is 22.0 Å². The molecule has 0 radical (unpaired) electrons. The Labute approximate surface area is 144 Å². The van der Waals surface area contributed by atoms with E-state index in [2.05, 4.69) is 33.9 Å². The second-order valence-corrected chi connectivity index (χ2v) is 12.8. The Bertz CT molecular complexity index is 597. The maximum Gasteiger partial charge on any atom is 0.335 e. The molecule has 0 amide bonds. The number of carbonyl (C=O) groups is 2. The molecule has 0 aromatic heterocycles. The van der Waals surface area contributed by atoms with Crippen LogP contribution in [0.3, 0.4) is 0 Å². The van der Waals surface area contributed by atoms with Gasteiger partial charge in [0.15, 0.2) is 14.1 Å². The molecule has 1 fully saturated rings. The number of epoxide rings is 1. The first-order valence-corrected chi connectivity index (χ1v) is 11.4. The van der Waals surface area contributed by atoms with Crippen LogP contribution in [0.5, 0.6) is 0 Å². The summed E-state index contributed by atoms with van der Waals surface area (Å²) in [5.74, 6) is -1.34. The zero-order chi connectivity index (χ0) is 18.3. The number of aliphatic carboxylic acids is 1. The Morgan fingerprint density at radius 1 is 1.38 bits per heavy atom. The molecule has 2 aliphatic rings. The topological polar surface area (TPSA) is 76.1 Å². The zero-order valence-electron chi connectivity index (χ0n) is 15.4. The van der Waals surface area contributed by atoms with Gasteiger partial charge in [-0.2, -0.15) is 0 Å². The Hall–Kier alpha value is -1.24. The van der Waals surface area contributed by atoms with Crippen molar-refractivity contribution in [1.29, 1.82) is 0 Å². The highest BCUT2D eigenvalue weighted by Gasteiger charge is 2.59. The summed E-state index contributed by atoms with van der Waals surface area (Å²) in [4.78, 5) is 24.3. The monoisotopic (exact) mass is 352 g/mol. The average Bonchev–Trinajstić information content (AvgIpc) is 3.22. The van der Waals surface area contributed by atoms with Crippen LogP contribution < -0.4 is 0 Å². The number of ether oxygens (including phenoxy) is 1. The van der Waals surface area contributed by atoms with Crippen molar-refractivity contribution in [2.75, 3.05) is 0 Å². The smallest absolute Gasteiger partial charge is 0.335 e. The van der Waals surface area contributed by atoms with Crippen LogP contribution in [0.4, 0.5) is 0 Å². The fourth-order valence-corrected chi connectivity index (χ4v) is 3.81. The molecule has 0 bridgehead atoms. The van der Waals surface area contributed by atoms with Crippen molar-refractivity contribution in [3.63, 3.8) is 0 Å². The Morgan fingerprint density at radius 3 is 2.50 bits per heavy atom. The molecule has 1 N–H and O–H groups in total. The van der Waals surface area contributed by atoms with Crippen LogP contribution in [0.15, 0.2) is 23.3 Å². The number of unbranched alkanes of at least 4 members (excludes halogenated alkanes) is 1. The first kappa shape index (κ1) is 19.1. The second kappa shape index (κ2) is 6.58. The lowest BCUT2D eigenvalue weighted by molar-refractivity contribution is -0.134. The van der Waals surface area contributed by atoms with Crippen molar-refractivity contribution < 1.29 is 23.9 Å². The number of carbonyl (C=O) groups excluding carboxylic acids is 1. The molecule has 0 spiro atoms. The molecular weight excluding hydrogens is 324 g/mol. The van der Waals surface area contributed by atoms with Crippen LogP contribution in [0, 0.1) is 0 Å². The van der Waals surface area contributed by atoms with E-state index in [1.807, 2.05) is 13.0 Å². The van der Waals surface area contributed by atoms with Crippen LogP contribution in [0.25, 0.3) is 0 Å². The largest absolute Gasteiger partial charge is 0.478 e. The maximum absolute atomic E-state index is 12.4. The van der Waals surface area contributed by atoms with E-state index in [9.17, 15) is 14.7 Å². The molecule has 134 valence electrons. The van der Waals surface area contributed by atoms with Gasteiger partial charge in [-0.25, -0.2) is 4.79 Å². The maximum atomic E-state index is 12.4. The second-order valence-electron chi connectivity index (χ2n) is 8.01. The van der Waals surface area contributed by atoms with Gasteiger partial charge < -0.3 is 14.3 Å². The fraction of sp³-hybridized carbons (Fsp3) is 0.667. The lowest BCUT2D eigenvalue weighted by Gasteiger charge is -2.39. The molecule has 0 aromatic rings. The van der Waals surface area contributed by atoms with Crippen molar-refractivity contribution in [1.82, 2.24) is 0 Å². The van der Waals surface area contributed by atoms with Crippen molar-refractivity contribution in [3.8, 4) is 0 Å². The van der Waals surface area contributed by atoms with Gasteiger partial charge in [0.1, 0.15) is 18.3 Å². The summed E-state index contributed by atoms with van der Waals surface area (Å²) in [6.07, 6.45) is 3.54. The molecule has 1 aliphatic carbocycles. The molecular formula is C18H28O5Si. The lowest BCUT2D eigenvalue weighted by atomic mass is 9.88. The molecule has 1 heterocycles. The number of ketones is 1. The van der Waals surface area contributed by atoms with E-state index in [1.54, 1.807) is 6.08 Å². The van der Waals surface area contributed by atoms with Gasteiger partial charge in [-0.05, 0) is 24.6 Å². The average molecular weight is 353 g/mol. The molecule has 0 unspecified atom stereocenters. The van der Waals surface area contributed by atoms with Crippen molar-refractivity contribution >= 4 is 20.1 Å². The molecule has 1 saturated heterocycles. The van der Waals surface area contributed by atoms with Gasteiger partial charge in [0, 0.05) is 5.57 Å². The summed E-state index contributed by atoms with van der Waals surface area (Å²) in [7, 11) is -2.20. The third kappa shape index (κ3) is 3.55. The first-order chi connectivity index (χ1) is 11.0. The third-order valence-corrected chi connectivity index (χ3v) is 9.58. The van der Waals surface area contributed by atoms with Crippen molar-refractivity contribution in [2.24, 2.45) is 0 Å². The summed E-state index contributed by atoms with van der Waals surface area (Å²) < 4.78 is 11.8. The number of carboxylic acid groups (broad SMARTS) is 1. The fourth-order valence-electron chi connectivity index (χ4n) is 2.57. The number of Topliss-reactive ketones (excluding diaryl/α,β-unsaturated/α-hetero) is 1. The van der Waals surface area contributed by atoms with Gasteiger partial charge in [-0.3, -0.25) is 4.79 Å². The standard InChI is InChI=1S/C18H28O5Si/c1-7-8-9-10-11-12(17(20)21)14(16-15(22-16)13(11)19)23-24(5,6)18(2,3)4/h9-10,14-16H,7-8H2,1-6H3,(H,20,21)/b10-9-/t14-,15-,16+/m1/s1. The van der Waals surface area contributed by atoms with Gasteiger partial charge in [0.05, 0.1) is 5.57 Å². The molecule has 24 heavy (non-hydrogen) atoms. The number of hydrogen-bond acceptors (Lipinski definition) is 4. The summed E-state index contributed by atoms with van der Waals surface area (Å²) in [6, 6.07) is 0. The van der Waals surface area contributed by atoms with Crippen LogP contribution in [0.1, 0.15) is 40.5 Å². The molecule has 3 atom stereocenters. The van der Waals surface area contributed by atoms with E-state index in [0.29, 0.717) is 0 Å². The van der Waals surface area contributed by atoms with E-state index in [0.717, 1.165) is 12.8 Å². The summed E-state index contributed by atoms with van der Waals surface area (Å²) >= 11 is 0. The van der Waals surface area contributed by atoms with Gasteiger partial charge in [0.25, 0.3) is 0 Å². The summed E-state index contributed by atoms with van der Waals surface area (Å²) in [6.45, 7) is 12.5. The molecule has 1 aliphatic heterocycles. The molecule has 2 rings (SSSR count). The number of rotatable bonds is 6. The zero-order valence-corrected chi connectivity index (χ0v) is 16.4. The summed E-state index contributed by atoms with van der Waals surface area (Å²) in [5, 5.41) is 9.67. The van der Waals surface area contributed by atoms with Gasteiger partial charge >= 0.3 is 5.97 Å². The number of hydrogen-bond donors (Lipinski definition) is 1. The van der Waals surface area contributed by atoms with Gasteiger partial charge in [-0.1, -0.05) is 46.3 Å². The van der Waals surface area contributed by atoms with E-state index >= 15 is 0 Å². The van der Waals surface area contributed by atoms with E-state index in [1.165, 1.54) is 0 Å². The predicted molar refractivity (Wildman–Crippen MR) is 94.4 cm³/mol. The van der Waals surface area contributed by atoms with E-state index in [4.69, 9.17) is 9.16 Å².